The van der Waals surface area contributed by atoms with Crippen molar-refractivity contribution in [2.75, 3.05) is 6.61 Å². The molecular formula is C11H15NO2. The molecule has 1 aliphatic rings. The second-order valence-electron chi connectivity index (χ2n) is 4.21. The van der Waals surface area contributed by atoms with E-state index in [4.69, 9.17) is 9.26 Å². The fourth-order valence-electron chi connectivity index (χ4n) is 1.87. The highest BCUT2D eigenvalue weighted by molar-refractivity contribution is 5.55. The van der Waals surface area contributed by atoms with E-state index in [1.165, 1.54) is 5.56 Å². The van der Waals surface area contributed by atoms with Crippen LogP contribution in [0.25, 0.3) is 6.08 Å². The molecule has 1 aromatic heterocycles. The smallest absolute Gasteiger partial charge is 0.166 e. The first-order chi connectivity index (χ1) is 6.63. The van der Waals surface area contributed by atoms with Crippen LogP contribution >= 0.6 is 0 Å². The largest absolute Gasteiger partial charge is 0.498 e. The average Bonchev–Trinajstić information content (AvgIpc) is 2.52. The van der Waals surface area contributed by atoms with Crippen LogP contribution in [0.3, 0.4) is 0 Å². The van der Waals surface area contributed by atoms with Gasteiger partial charge in [-0.05, 0) is 6.92 Å². The van der Waals surface area contributed by atoms with E-state index in [0.717, 1.165) is 17.9 Å². The first-order valence-electron chi connectivity index (χ1n) is 4.92. The Morgan fingerprint density at radius 3 is 3.07 bits per heavy atom. The molecule has 3 nitrogen and oxygen atoms in total. The number of hydrogen-bond acceptors (Lipinski definition) is 3. The minimum absolute atomic E-state index is 0.0641. The highest BCUT2D eigenvalue weighted by atomic mass is 16.5. The second kappa shape index (κ2) is 3.15. The third-order valence-electron chi connectivity index (χ3n) is 2.57. The molecule has 0 atom stereocenters. The fraction of sp³-hybridized carbons (Fsp3) is 0.545. The number of rotatable bonds is 2. The van der Waals surface area contributed by atoms with Crippen LogP contribution in [0.2, 0.25) is 0 Å². The van der Waals surface area contributed by atoms with Gasteiger partial charge in [0.1, 0.15) is 5.76 Å². The zero-order valence-electron chi connectivity index (χ0n) is 8.83. The van der Waals surface area contributed by atoms with Crippen LogP contribution in [0.1, 0.15) is 38.5 Å². The highest BCUT2D eigenvalue weighted by Gasteiger charge is 2.31. The van der Waals surface area contributed by atoms with E-state index in [9.17, 15) is 0 Å². The Morgan fingerprint density at radius 2 is 2.36 bits per heavy atom. The molecule has 0 amide bonds. The summed E-state index contributed by atoms with van der Waals surface area (Å²) in [5, 5.41) is 3.82. The topological polar surface area (TPSA) is 35.3 Å². The number of fused-ring (bicyclic) bond motifs is 1. The minimum atomic E-state index is 0.0641. The molecule has 3 heteroatoms. The predicted octanol–water partition coefficient (Wildman–Crippen LogP) is 2.73. The first kappa shape index (κ1) is 9.31. The Kier molecular flexibility index (Phi) is 2.10. The number of nitrogens with zero attached hydrogens (tertiary/aromatic N) is 1. The number of hydrogen-bond donors (Lipinski definition) is 0. The molecule has 1 aliphatic carbocycles. The van der Waals surface area contributed by atoms with E-state index >= 15 is 0 Å². The molecule has 2 rings (SSSR count). The molecule has 0 saturated carbocycles. The van der Waals surface area contributed by atoms with Gasteiger partial charge in [-0.3, -0.25) is 0 Å². The molecule has 0 radical (unpaired) electrons. The van der Waals surface area contributed by atoms with Gasteiger partial charge in [-0.25, -0.2) is 0 Å². The summed E-state index contributed by atoms with van der Waals surface area (Å²) in [6.07, 6.45) is 4.65. The van der Waals surface area contributed by atoms with Crippen LogP contribution < -0.4 is 0 Å². The Balaban J connectivity index is 2.38. The van der Waals surface area contributed by atoms with E-state index in [1.54, 1.807) is 6.20 Å². The Hall–Kier alpha value is -1.25. The summed E-state index contributed by atoms with van der Waals surface area (Å²) in [7, 11) is 0. The van der Waals surface area contributed by atoms with E-state index in [-0.39, 0.29) is 5.41 Å². The number of allylic oxidation sites excluding steroid dienone is 1. The van der Waals surface area contributed by atoms with Crippen LogP contribution in [0.5, 0.6) is 0 Å². The zero-order valence-corrected chi connectivity index (χ0v) is 8.83. The standard InChI is InChI=1S/C11H15NO2/c1-4-13-8-5-10-9(7-12-14-10)11(2,3)6-8/h5,7H,4,6H2,1-3H3. The van der Waals surface area contributed by atoms with Crippen molar-refractivity contribution in [3.63, 3.8) is 0 Å². The van der Waals surface area contributed by atoms with Gasteiger partial charge < -0.3 is 9.26 Å². The maximum absolute atomic E-state index is 5.52. The van der Waals surface area contributed by atoms with Crippen molar-refractivity contribution in [2.24, 2.45) is 0 Å². The molecule has 1 heterocycles. The van der Waals surface area contributed by atoms with E-state index in [2.05, 4.69) is 19.0 Å². The van der Waals surface area contributed by atoms with Crippen LogP contribution in [-0.4, -0.2) is 11.8 Å². The molecule has 0 fully saturated rings. The Labute approximate surface area is 83.7 Å². The molecular weight excluding hydrogens is 178 g/mol. The van der Waals surface area contributed by atoms with E-state index in [0.29, 0.717) is 6.61 Å². The second-order valence-corrected chi connectivity index (χ2v) is 4.21. The molecule has 1 aromatic rings. The number of ether oxygens (including phenoxy) is 1. The average molecular weight is 193 g/mol. The van der Waals surface area contributed by atoms with Crippen molar-refractivity contribution in [1.82, 2.24) is 5.16 Å². The molecule has 0 spiro atoms. The van der Waals surface area contributed by atoms with Gasteiger partial charge in [-0.1, -0.05) is 19.0 Å². The maximum Gasteiger partial charge on any atom is 0.166 e. The minimum Gasteiger partial charge on any atom is -0.498 e. The van der Waals surface area contributed by atoms with Gasteiger partial charge in [0, 0.05) is 23.5 Å². The lowest BCUT2D eigenvalue weighted by atomic mass is 9.78. The zero-order chi connectivity index (χ0) is 10.2. The van der Waals surface area contributed by atoms with Crippen molar-refractivity contribution in [2.45, 2.75) is 32.6 Å². The van der Waals surface area contributed by atoms with Gasteiger partial charge in [0.15, 0.2) is 5.76 Å². The summed E-state index contributed by atoms with van der Waals surface area (Å²) in [6, 6.07) is 0. The lowest BCUT2D eigenvalue weighted by Crippen LogP contribution is -2.22. The van der Waals surface area contributed by atoms with E-state index in [1.807, 2.05) is 13.0 Å². The normalized spacial score (nSPS) is 18.6. The molecule has 0 saturated heterocycles. The third kappa shape index (κ3) is 1.43. The molecule has 76 valence electrons. The van der Waals surface area contributed by atoms with Crippen LogP contribution in [-0.2, 0) is 10.2 Å². The summed E-state index contributed by atoms with van der Waals surface area (Å²) >= 11 is 0. The van der Waals surface area contributed by atoms with Crippen molar-refractivity contribution < 1.29 is 9.26 Å². The molecule has 0 unspecified atom stereocenters. The summed E-state index contributed by atoms with van der Waals surface area (Å²) in [5.74, 6) is 1.83. The van der Waals surface area contributed by atoms with Gasteiger partial charge in [0.25, 0.3) is 0 Å². The van der Waals surface area contributed by atoms with Crippen molar-refractivity contribution in [3.8, 4) is 0 Å². The lowest BCUT2D eigenvalue weighted by Gasteiger charge is -2.28. The van der Waals surface area contributed by atoms with Gasteiger partial charge in [-0.2, -0.15) is 0 Å². The lowest BCUT2D eigenvalue weighted by molar-refractivity contribution is 0.204. The summed E-state index contributed by atoms with van der Waals surface area (Å²) < 4.78 is 10.7. The van der Waals surface area contributed by atoms with Crippen LogP contribution in [0.15, 0.2) is 16.5 Å². The Morgan fingerprint density at radius 1 is 1.57 bits per heavy atom. The fourth-order valence-corrected chi connectivity index (χ4v) is 1.87. The van der Waals surface area contributed by atoms with Gasteiger partial charge in [-0.15, -0.1) is 0 Å². The van der Waals surface area contributed by atoms with Crippen molar-refractivity contribution in [1.29, 1.82) is 0 Å². The summed E-state index contributed by atoms with van der Waals surface area (Å²) in [6.45, 7) is 7.04. The number of aromatic nitrogens is 1. The monoisotopic (exact) mass is 193 g/mol. The maximum atomic E-state index is 5.52. The van der Waals surface area contributed by atoms with Crippen molar-refractivity contribution >= 4 is 6.08 Å². The molecule has 14 heavy (non-hydrogen) atoms. The molecule has 0 bridgehead atoms. The van der Waals surface area contributed by atoms with E-state index < -0.39 is 0 Å². The molecule has 0 aromatic carbocycles. The van der Waals surface area contributed by atoms with Gasteiger partial charge in [0.2, 0.25) is 0 Å². The van der Waals surface area contributed by atoms with Gasteiger partial charge in [0.05, 0.1) is 12.8 Å². The predicted molar refractivity (Wildman–Crippen MR) is 53.7 cm³/mol. The Bertz CT molecular complexity index is 363. The third-order valence-corrected chi connectivity index (χ3v) is 2.57. The highest BCUT2D eigenvalue weighted by Crippen LogP contribution is 2.38. The summed E-state index contributed by atoms with van der Waals surface area (Å²) in [4.78, 5) is 0. The molecule has 0 aliphatic heterocycles. The SMILES string of the molecule is CCOC1=Cc2oncc2C(C)(C)C1. The molecule has 0 N–H and O–H groups in total. The van der Waals surface area contributed by atoms with Gasteiger partial charge >= 0.3 is 0 Å². The van der Waals surface area contributed by atoms with Crippen LogP contribution in [0, 0.1) is 0 Å². The quantitative estimate of drug-likeness (QED) is 0.724. The van der Waals surface area contributed by atoms with Crippen LogP contribution in [0.4, 0.5) is 0 Å². The summed E-state index contributed by atoms with van der Waals surface area (Å²) in [5.41, 5.74) is 1.23. The van der Waals surface area contributed by atoms with Crippen molar-refractivity contribution in [3.05, 3.63) is 23.3 Å². The first-order valence-corrected chi connectivity index (χ1v) is 4.92.